The Morgan fingerprint density at radius 3 is 2.62 bits per heavy atom. The maximum Gasteiger partial charge on any atom is 0.321 e. The van der Waals surface area contributed by atoms with Crippen LogP contribution in [0, 0.1) is 12.8 Å². The zero-order valence-corrected chi connectivity index (χ0v) is 15.4. The minimum absolute atomic E-state index is 0.0763. The van der Waals surface area contributed by atoms with Gasteiger partial charge in [0.25, 0.3) is 0 Å². The van der Waals surface area contributed by atoms with Gasteiger partial charge in [-0.25, -0.2) is 4.79 Å². The van der Waals surface area contributed by atoms with Crippen molar-refractivity contribution in [3.63, 3.8) is 0 Å². The first-order chi connectivity index (χ1) is 12.5. The highest BCUT2D eigenvalue weighted by Gasteiger charge is 2.28. The number of carbonyl (C=O) groups excluding carboxylic acids is 2. The van der Waals surface area contributed by atoms with Crippen molar-refractivity contribution in [2.24, 2.45) is 5.92 Å². The van der Waals surface area contributed by atoms with Crippen LogP contribution in [-0.2, 0) is 4.79 Å². The summed E-state index contributed by atoms with van der Waals surface area (Å²) in [7, 11) is 0. The summed E-state index contributed by atoms with van der Waals surface area (Å²) >= 11 is 6.11. The zero-order chi connectivity index (χ0) is 18.5. The van der Waals surface area contributed by atoms with E-state index in [9.17, 15) is 9.59 Å². The van der Waals surface area contributed by atoms with E-state index in [1.807, 2.05) is 49.4 Å². The van der Waals surface area contributed by atoms with Gasteiger partial charge >= 0.3 is 6.03 Å². The maximum atomic E-state index is 12.6. The normalized spacial score (nSPS) is 16.8. The number of hydrogen-bond donors (Lipinski definition) is 2. The molecule has 5 nitrogen and oxygen atoms in total. The maximum absolute atomic E-state index is 12.6. The number of piperidine rings is 1. The van der Waals surface area contributed by atoms with Crippen LogP contribution in [0.2, 0.25) is 5.02 Å². The fourth-order valence-electron chi connectivity index (χ4n) is 3.08. The van der Waals surface area contributed by atoms with Crippen molar-refractivity contribution in [2.45, 2.75) is 19.8 Å². The Labute approximate surface area is 158 Å². The molecule has 2 aromatic rings. The summed E-state index contributed by atoms with van der Waals surface area (Å²) in [5.74, 6) is -0.309. The summed E-state index contributed by atoms with van der Waals surface area (Å²) in [6.07, 6.45) is 1.56. The number of rotatable bonds is 3. The van der Waals surface area contributed by atoms with Crippen LogP contribution in [0.4, 0.5) is 16.2 Å². The topological polar surface area (TPSA) is 61.4 Å². The average Bonchev–Trinajstić information content (AvgIpc) is 2.66. The number of likely N-dealkylation sites (tertiary alicyclic amines) is 1. The Bertz CT molecular complexity index is 795. The van der Waals surface area contributed by atoms with Crippen LogP contribution in [0.1, 0.15) is 18.4 Å². The molecule has 1 atom stereocenters. The van der Waals surface area contributed by atoms with Gasteiger partial charge in [-0.3, -0.25) is 4.79 Å². The predicted molar refractivity (Wildman–Crippen MR) is 105 cm³/mol. The van der Waals surface area contributed by atoms with Gasteiger partial charge in [0.1, 0.15) is 0 Å². The highest BCUT2D eigenvalue weighted by atomic mass is 35.5. The second-order valence-electron chi connectivity index (χ2n) is 6.48. The highest BCUT2D eigenvalue weighted by molar-refractivity contribution is 6.31. The first-order valence-electron chi connectivity index (χ1n) is 8.71. The lowest BCUT2D eigenvalue weighted by molar-refractivity contribution is -0.121. The molecule has 1 aliphatic heterocycles. The standard InChI is InChI=1S/C20H22ClN3O2/c1-14-17(21)10-5-11-18(14)23-19(25)15-7-6-12-24(13-15)20(26)22-16-8-3-2-4-9-16/h2-5,8-11,15H,6-7,12-13H2,1H3,(H,22,26)(H,23,25). The summed E-state index contributed by atoms with van der Waals surface area (Å²) in [6, 6.07) is 14.6. The highest BCUT2D eigenvalue weighted by Crippen LogP contribution is 2.25. The van der Waals surface area contributed by atoms with Gasteiger partial charge in [0, 0.05) is 29.5 Å². The molecule has 26 heavy (non-hydrogen) atoms. The van der Waals surface area contributed by atoms with E-state index >= 15 is 0 Å². The number of urea groups is 1. The Morgan fingerprint density at radius 1 is 1.08 bits per heavy atom. The minimum atomic E-state index is -0.233. The number of anilines is 2. The number of amides is 3. The third-order valence-corrected chi connectivity index (χ3v) is 5.04. The molecule has 1 unspecified atom stereocenters. The number of para-hydroxylation sites is 1. The van der Waals surface area contributed by atoms with Crippen LogP contribution in [-0.4, -0.2) is 29.9 Å². The first kappa shape index (κ1) is 18.3. The molecule has 6 heteroatoms. The van der Waals surface area contributed by atoms with Gasteiger partial charge in [-0.1, -0.05) is 35.9 Å². The lowest BCUT2D eigenvalue weighted by atomic mass is 9.97. The molecule has 0 saturated carbocycles. The number of benzene rings is 2. The molecule has 3 amide bonds. The van der Waals surface area contributed by atoms with Gasteiger partial charge in [-0.2, -0.15) is 0 Å². The molecule has 1 fully saturated rings. The molecule has 1 aliphatic rings. The van der Waals surface area contributed by atoms with Crippen molar-refractivity contribution in [3.8, 4) is 0 Å². The summed E-state index contributed by atoms with van der Waals surface area (Å²) < 4.78 is 0. The van der Waals surface area contributed by atoms with Crippen molar-refractivity contribution in [1.29, 1.82) is 0 Å². The monoisotopic (exact) mass is 371 g/mol. The van der Waals surface area contributed by atoms with Crippen LogP contribution >= 0.6 is 11.6 Å². The summed E-state index contributed by atoms with van der Waals surface area (Å²) in [6.45, 7) is 2.93. The number of nitrogens with one attached hydrogen (secondary N) is 2. The summed E-state index contributed by atoms with van der Waals surface area (Å²) in [5.41, 5.74) is 2.31. The van der Waals surface area contributed by atoms with E-state index in [0.29, 0.717) is 23.8 Å². The van der Waals surface area contributed by atoms with Gasteiger partial charge in [0.05, 0.1) is 5.92 Å². The fraction of sp³-hybridized carbons (Fsp3) is 0.300. The molecule has 0 bridgehead atoms. The quantitative estimate of drug-likeness (QED) is 0.832. The number of nitrogens with zero attached hydrogens (tertiary/aromatic N) is 1. The Morgan fingerprint density at radius 2 is 1.85 bits per heavy atom. The Hall–Kier alpha value is -2.53. The second-order valence-corrected chi connectivity index (χ2v) is 6.89. The van der Waals surface area contributed by atoms with Gasteiger partial charge in [-0.05, 0) is 49.6 Å². The van der Waals surface area contributed by atoms with Crippen LogP contribution in [0.3, 0.4) is 0 Å². The van der Waals surface area contributed by atoms with E-state index in [4.69, 9.17) is 11.6 Å². The van der Waals surface area contributed by atoms with Crippen LogP contribution < -0.4 is 10.6 Å². The Balaban J connectivity index is 1.61. The molecular weight excluding hydrogens is 350 g/mol. The molecule has 0 aromatic heterocycles. The molecule has 1 heterocycles. The average molecular weight is 372 g/mol. The van der Waals surface area contributed by atoms with Crippen LogP contribution in [0.5, 0.6) is 0 Å². The van der Waals surface area contributed by atoms with E-state index in [2.05, 4.69) is 10.6 Å². The van der Waals surface area contributed by atoms with Crippen molar-refractivity contribution in [3.05, 3.63) is 59.1 Å². The molecule has 2 N–H and O–H groups in total. The van der Waals surface area contributed by atoms with E-state index < -0.39 is 0 Å². The van der Waals surface area contributed by atoms with E-state index in [-0.39, 0.29) is 17.9 Å². The molecular formula is C20H22ClN3O2. The summed E-state index contributed by atoms with van der Waals surface area (Å²) in [5, 5.41) is 6.44. The zero-order valence-electron chi connectivity index (χ0n) is 14.7. The molecule has 1 saturated heterocycles. The molecule has 3 rings (SSSR count). The smallest absolute Gasteiger partial charge is 0.321 e. The molecule has 0 radical (unpaired) electrons. The first-order valence-corrected chi connectivity index (χ1v) is 9.09. The molecule has 0 aliphatic carbocycles. The van der Waals surface area contributed by atoms with Crippen molar-refractivity contribution >= 4 is 34.9 Å². The fourth-order valence-corrected chi connectivity index (χ4v) is 3.25. The van der Waals surface area contributed by atoms with Crippen LogP contribution in [0.15, 0.2) is 48.5 Å². The third-order valence-electron chi connectivity index (χ3n) is 4.63. The van der Waals surface area contributed by atoms with E-state index in [1.165, 1.54) is 0 Å². The number of hydrogen-bond acceptors (Lipinski definition) is 2. The van der Waals surface area contributed by atoms with E-state index in [0.717, 1.165) is 24.1 Å². The van der Waals surface area contributed by atoms with Crippen molar-refractivity contribution in [1.82, 2.24) is 4.90 Å². The van der Waals surface area contributed by atoms with Crippen molar-refractivity contribution < 1.29 is 9.59 Å². The number of carbonyl (C=O) groups is 2. The second kappa shape index (κ2) is 8.23. The van der Waals surface area contributed by atoms with E-state index in [1.54, 1.807) is 11.0 Å². The van der Waals surface area contributed by atoms with Crippen LogP contribution in [0.25, 0.3) is 0 Å². The van der Waals surface area contributed by atoms with Gasteiger partial charge in [0.15, 0.2) is 0 Å². The lowest BCUT2D eigenvalue weighted by Gasteiger charge is -2.32. The predicted octanol–water partition coefficient (Wildman–Crippen LogP) is 4.53. The molecule has 136 valence electrons. The van der Waals surface area contributed by atoms with Gasteiger partial charge in [-0.15, -0.1) is 0 Å². The van der Waals surface area contributed by atoms with Gasteiger partial charge < -0.3 is 15.5 Å². The molecule has 0 spiro atoms. The lowest BCUT2D eigenvalue weighted by Crippen LogP contribution is -2.45. The van der Waals surface area contributed by atoms with Gasteiger partial charge in [0.2, 0.25) is 5.91 Å². The summed E-state index contributed by atoms with van der Waals surface area (Å²) in [4.78, 5) is 26.8. The number of halogens is 1. The van der Waals surface area contributed by atoms with Crippen molar-refractivity contribution in [2.75, 3.05) is 23.7 Å². The molecule has 2 aromatic carbocycles. The SMILES string of the molecule is Cc1c(Cl)cccc1NC(=O)C1CCCN(C(=O)Nc2ccccc2)C1. The third kappa shape index (κ3) is 4.35. The Kier molecular flexibility index (Phi) is 5.78. The largest absolute Gasteiger partial charge is 0.325 e. The minimum Gasteiger partial charge on any atom is -0.325 e.